The zero-order valence-electron chi connectivity index (χ0n) is 9.86. The zero-order chi connectivity index (χ0) is 11.5. The Morgan fingerprint density at radius 1 is 1.38 bits per heavy atom. The van der Waals surface area contributed by atoms with E-state index in [4.69, 9.17) is 0 Å². The summed E-state index contributed by atoms with van der Waals surface area (Å²) in [4.78, 5) is 13.4. The highest BCUT2D eigenvalue weighted by Gasteiger charge is 2.24. The van der Waals surface area contributed by atoms with Crippen LogP contribution in [0.1, 0.15) is 25.3 Å². The van der Waals surface area contributed by atoms with Crippen molar-refractivity contribution in [3.8, 4) is 0 Å². The minimum Gasteiger partial charge on any atom is -0.335 e. The van der Waals surface area contributed by atoms with Gasteiger partial charge in [-0.25, -0.2) is 4.79 Å². The molecule has 1 aromatic rings. The van der Waals surface area contributed by atoms with Gasteiger partial charge in [0.05, 0.1) is 0 Å². The second kappa shape index (κ2) is 4.56. The lowest BCUT2D eigenvalue weighted by Crippen LogP contribution is -2.38. The number of urea groups is 1. The Morgan fingerprint density at radius 3 is 2.50 bits per heavy atom. The van der Waals surface area contributed by atoms with Crippen molar-refractivity contribution >= 4 is 11.7 Å². The van der Waals surface area contributed by atoms with E-state index in [2.05, 4.69) is 24.4 Å². The van der Waals surface area contributed by atoms with Crippen LogP contribution in [0.3, 0.4) is 0 Å². The van der Waals surface area contributed by atoms with Crippen LogP contribution in [-0.2, 0) is 6.42 Å². The lowest BCUT2D eigenvalue weighted by molar-refractivity contribution is 0.247. The molecule has 16 heavy (non-hydrogen) atoms. The molecular formula is C13H18N2O. The number of aryl methyl sites for hydroxylation is 1. The number of rotatable bonds is 3. The summed E-state index contributed by atoms with van der Waals surface area (Å²) >= 11 is 0. The third-order valence-electron chi connectivity index (χ3n) is 2.94. The Hall–Kier alpha value is -1.51. The molecule has 0 heterocycles. The van der Waals surface area contributed by atoms with Crippen molar-refractivity contribution in [3.05, 3.63) is 29.8 Å². The van der Waals surface area contributed by atoms with Gasteiger partial charge in [-0.2, -0.15) is 0 Å². The van der Waals surface area contributed by atoms with Crippen LogP contribution in [0.4, 0.5) is 10.5 Å². The van der Waals surface area contributed by atoms with Gasteiger partial charge in [0.25, 0.3) is 0 Å². The van der Waals surface area contributed by atoms with Crippen molar-refractivity contribution in [1.82, 2.24) is 5.32 Å². The Labute approximate surface area is 96.5 Å². The molecule has 1 saturated carbocycles. The lowest BCUT2D eigenvalue weighted by atomic mass is 10.1. The molecule has 2 rings (SSSR count). The van der Waals surface area contributed by atoms with Crippen LogP contribution in [0.15, 0.2) is 24.3 Å². The molecule has 0 bridgehead atoms. The van der Waals surface area contributed by atoms with E-state index in [9.17, 15) is 4.79 Å². The van der Waals surface area contributed by atoms with E-state index in [0.29, 0.717) is 6.04 Å². The number of nitrogens with one attached hydrogen (secondary N) is 1. The zero-order valence-corrected chi connectivity index (χ0v) is 9.86. The Morgan fingerprint density at radius 2 is 2.00 bits per heavy atom. The number of anilines is 1. The van der Waals surface area contributed by atoms with Crippen LogP contribution in [-0.4, -0.2) is 19.1 Å². The molecule has 0 aromatic heterocycles. The summed E-state index contributed by atoms with van der Waals surface area (Å²) in [7, 11) is 1.80. The Bertz CT molecular complexity index is 368. The lowest BCUT2D eigenvalue weighted by Gasteiger charge is -2.18. The van der Waals surface area contributed by atoms with Gasteiger partial charge >= 0.3 is 6.03 Å². The van der Waals surface area contributed by atoms with Gasteiger partial charge in [0.15, 0.2) is 0 Å². The van der Waals surface area contributed by atoms with Crippen molar-refractivity contribution in [2.45, 2.75) is 32.2 Å². The van der Waals surface area contributed by atoms with Gasteiger partial charge in [0, 0.05) is 18.8 Å². The summed E-state index contributed by atoms with van der Waals surface area (Å²) in [5.74, 6) is 0. The van der Waals surface area contributed by atoms with Crippen LogP contribution in [0.5, 0.6) is 0 Å². The number of carbonyl (C=O) groups is 1. The van der Waals surface area contributed by atoms with E-state index in [-0.39, 0.29) is 6.03 Å². The van der Waals surface area contributed by atoms with E-state index in [1.54, 1.807) is 11.9 Å². The molecular weight excluding hydrogens is 200 g/mol. The van der Waals surface area contributed by atoms with Crippen LogP contribution >= 0.6 is 0 Å². The summed E-state index contributed by atoms with van der Waals surface area (Å²) in [6.07, 6.45) is 3.26. The Balaban J connectivity index is 2.00. The first-order valence-electron chi connectivity index (χ1n) is 5.84. The fourth-order valence-electron chi connectivity index (χ4n) is 1.57. The molecule has 1 N–H and O–H groups in total. The van der Waals surface area contributed by atoms with Crippen LogP contribution in [0.2, 0.25) is 0 Å². The molecule has 0 aliphatic heterocycles. The van der Waals surface area contributed by atoms with Gasteiger partial charge in [-0.15, -0.1) is 0 Å². The standard InChI is InChI=1S/C13H18N2O/c1-3-10-4-8-12(9-5-10)15(2)13(16)14-11-6-7-11/h4-5,8-9,11H,3,6-7H2,1-2H3,(H,14,16). The predicted octanol–water partition coefficient (Wildman–Crippen LogP) is 2.56. The van der Waals surface area contributed by atoms with Crippen molar-refractivity contribution in [3.63, 3.8) is 0 Å². The molecule has 1 aliphatic carbocycles. The number of nitrogens with zero attached hydrogens (tertiary/aromatic N) is 1. The average Bonchev–Trinajstić information content (AvgIpc) is 3.12. The normalized spacial score (nSPS) is 14.6. The van der Waals surface area contributed by atoms with Crippen molar-refractivity contribution in [1.29, 1.82) is 0 Å². The minimum atomic E-state index is -0.00764. The largest absolute Gasteiger partial charge is 0.335 e. The van der Waals surface area contributed by atoms with Crippen LogP contribution in [0, 0.1) is 0 Å². The van der Waals surface area contributed by atoms with Gasteiger partial charge in [0.2, 0.25) is 0 Å². The van der Waals surface area contributed by atoms with Gasteiger partial charge in [-0.3, -0.25) is 4.90 Å². The van der Waals surface area contributed by atoms with Crippen molar-refractivity contribution < 1.29 is 4.79 Å². The smallest absolute Gasteiger partial charge is 0.321 e. The summed E-state index contributed by atoms with van der Waals surface area (Å²) in [5.41, 5.74) is 2.23. The van der Waals surface area contributed by atoms with Crippen LogP contribution < -0.4 is 10.2 Å². The predicted molar refractivity (Wildman–Crippen MR) is 65.8 cm³/mol. The first-order valence-corrected chi connectivity index (χ1v) is 5.84. The van der Waals surface area contributed by atoms with Crippen molar-refractivity contribution in [2.24, 2.45) is 0 Å². The first kappa shape index (κ1) is 11.0. The number of benzene rings is 1. The highest BCUT2D eigenvalue weighted by atomic mass is 16.2. The molecule has 1 aliphatic rings. The molecule has 1 fully saturated rings. The molecule has 2 amide bonds. The number of hydrogen-bond donors (Lipinski definition) is 1. The highest BCUT2D eigenvalue weighted by molar-refractivity contribution is 5.91. The second-order valence-electron chi connectivity index (χ2n) is 4.30. The molecule has 3 heteroatoms. The third-order valence-corrected chi connectivity index (χ3v) is 2.94. The summed E-state index contributed by atoms with van der Waals surface area (Å²) in [6, 6.07) is 8.51. The monoisotopic (exact) mass is 218 g/mol. The Kier molecular flexibility index (Phi) is 3.13. The second-order valence-corrected chi connectivity index (χ2v) is 4.30. The maximum Gasteiger partial charge on any atom is 0.321 e. The maximum atomic E-state index is 11.8. The number of hydrogen-bond acceptors (Lipinski definition) is 1. The molecule has 0 radical (unpaired) electrons. The summed E-state index contributed by atoms with van der Waals surface area (Å²) in [5, 5.41) is 2.97. The van der Waals surface area contributed by atoms with E-state index in [0.717, 1.165) is 24.9 Å². The molecule has 0 saturated heterocycles. The van der Waals surface area contributed by atoms with Gasteiger partial charge < -0.3 is 5.32 Å². The average molecular weight is 218 g/mol. The minimum absolute atomic E-state index is 0.00764. The fourth-order valence-corrected chi connectivity index (χ4v) is 1.57. The highest BCUT2D eigenvalue weighted by Crippen LogP contribution is 2.20. The topological polar surface area (TPSA) is 32.3 Å². The molecule has 3 nitrogen and oxygen atoms in total. The molecule has 0 unspecified atom stereocenters. The molecule has 86 valence electrons. The molecule has 1 aromatic carbocycles. The fraction of sp³-hybridized carbons (Fsp3) is 0.462. The summed E-state index contributed by atoms with van der Waals surface area (Å²) in [6.45, 7) is 2.12. The quantitative estimate of drug-likeness (QED) is 0.830. The third kappa shape index (κ3) is 2.54. The van der Waals surface area contributed by atoms with E-state index < -0.39 is 0 Å². The first-order chi connectivity index (χ1) is 7.70. The molecule has 0 atom stereocenters. The van der Waals surface area contributed by atoms with Gasteiger partial charge in [0.1, 0.15) is 0 Å². The molecule has 0 spiro atoms. The van der Waals surface area contributed by atoms with E-state index >= 15 is 0 Å². The SMILES string of the molecule is CCc1ccc(N(C)C(=O)NC2CC2)cc1. The van der Waals surface area contributed by atoms with E-state index in [1.807, 2.05) is 12.1 Å². The number of amides is 2. The van der Waals surface area contributed by atoms with Crippen LogP contribution in [0.25, 0.3) is 0 Å². The van der Waals surface area contributed by atoms with Gasteiger partial charge in [-0.05, 0) is 37.0 Å². The van der Waals surface area contributed by atoms with E-state index in [1.165, 1.54) is 5.56 Å². The number of carbonyl (C=O) groups excluding carboxylic acids is 1. The maximum absolute atomic E-state index is 11.8. The van der Waals surface area contributed by atoms with Crippen molar-refractivity contribution in [2.75, 3.05) is 11.9 Å². The summed E-state index contributed by atoms with van der Waals surface area (Å²) < 4.78 is 0. The van der Waals surface area contributed by atoms with Gasteiger partial charge in [-0.1, -0.05) is 19.1 Å².